The predicted octanol–water partition coefficient (Wildman–Crippen LogP) is 2.63. The summed E-state index contributed by atoms with van der Waals surface area (Å²) in [5.74, 6) is -9.09. The van der Waals surface area contributed by atoms with Crippen molar-refractivity contribution in [1.82, 2.24) is 0 Å². The van der Waals surface area contributed by atoms with Gasteiger partial charge in [-0.2, -0.15) is 0 Å². The first-order valence-electron chi connectivity index (χ1n) is 30.5. The molecule has 4 aliphatic rings. The van der Waals surface area contributed by atoms with Gasteiger partial charge >= 0.3 is 59.7 Å². The Labute approximate surface area is 551 Å². The van der Waals surface area contributed by atoms with E-state index in [0.717, 1.165) is 69.2 Å². The number of carbonyl (C=O) groups excluding carboxylic acids is 10. The highest BCUT2D eigenvalue weighted by molar-refractivity contribution is 5.70. The van der Waals surface area contributed by atoms with Crippen LogP contribution in [0.4, 0.5) is 0 Å². The number of benzene rings is 3. The van der Waals surface area contributed by atoms with Gasteiger partial charge in [0.25, 0.3) is 0 Å². The molecule has 0 unspecified atom stereocenters. The minimum Gasteiger partial charge on any atom is -0.463 e. The summed E-state index contributed by atoms with van der Waals surface area (Å²) < 4.78 is 122. The molecule has 0 radical (unpaired) electrons. The van der Waals surface area contributed by atoms with E-state index in [1.165, 1.54) is 0 Å². The van der Waals surface area contributed by atoms with E-state index in [9.17, 15) is 53.1 Å². The molecular weight excluding hydrogens is 1280 g/mol. The molecule has 0 aliphatic carbocycles. The Morgan fingerprint density at radius 1 is 0.292 bits per heavy atom. The molecule has 3 aromatic rings. The van der Waals surface area contributed by atoms with Crippen LogP contribution in [0.3, 0.4) is 0 Å². The molecule has 0 spiro atoms. The van der Waals surface area contributed by atoms with Crippen LogP contribution in [0.15, 0.2) is 91.0 Å². The maximum atomic E-state index is 13.4. The Hall–Kier alpha value is -8.08. The number of hydrogen-bond donors (Lipinski definition) is 1. The average Bonchev–Trinajstić information content (AvgIpc) is 0.811. The van der Waals surface area contributed by atoms with Crippen molar-refractivity contribution in [2.24, 2.45) is 0 Å². The first kappa shape index (κ1) is 75.3. The molecule has 0 saturated carbocycles. The summed E-state index contributed by atoms with van der Waals surface area (Å²) in [5.41, 5.74) is 1.84. The largest absolute Gasteiger partial charge is 0.463 e. The molecule has 31 heteroatoms. The van der Waals surface area contributed by atoms with Crippen molar-refractivity contribution in [3.8, 4) is 0 Å². The molecule has 96 heavy (non-hydrogen) atoms. The van der Waals surface area contributed by atoms with Crippen molar-refractivity contribution < 1.29 is 148 Å². The zero-order valence-corrected chi connectivity index (χ0v) is 54.4. The minimum absolute atomic E-state index is 0.0931. The quantitative estimate of drug-likeness (QED) is 0.0771. The third kappa shape index (κ3) is 22.2. The lowest BCUT2D eigenvalue weighted by molar-refractivity contribution is -0.368. The van der Waals surface area contributed by atoms with Crippen LogP contribution in [-0.2, 0) is 163 Å². The van der Waals surface area contributed by atoms with Gasteiger partial charge in [0, 0.05) is 69.2 Å². The highest BCUT2D eigenvalue weighted by atomic mass is 16.8. The second-order valence-electron chi connectivity index (χ2n) is 22.4. The van der Waals surface area contributed by atoms with Gasteiger partial charge in [-0.05, 0) is 16.7 Å². The lowest BCUT2D eigenvalue weighted by Gasteiger charge is -2.49. The standard InChI is InChI=1S/C65H80O31/c1-33(66)77-29-46-50(79-26-43-20-14-11-15-21-43)54(84-35(3)68)59(89-40(8)73)63(93-46)82-31-47-51(80-27-44-22-16-12-17-23-44)55(85-36(4)69)60(90-41(9)74)64(94-47)83-32-48-52(81-28-45-24-18-13-19-25-45)56(86-37(5)70)61(91-42(10)75)65(95-48)96-53-49(30-78-34(2)67)92-62(76)58(88-39(7)72)57(53)87-38(6)71/h11-25,46-65,76H,26-32H2,1-10H3/t46-,47-,48-,49-,50-,51-,52-,53-,54+,55+,56+,57+,58-,59-,60-,61-,62+,63-,64-,65+/m1/s1. The maximum Gasteiger partial charge on any atom is 0.303 e. The van der Waals surface area contributed by atoms with Crippen molar-refractivity contribution in [2.45, 2.75) is 212 Å². The van der Waals surface area contributed by atoms with Crippen LogP contribution in [0.2, 0.25) is 0 Å². The Kier molecular flexibility index (Phi) is 28.5. The van der Waals surface area contributed by atoms with Crippen LogP contribution >= 0.6 is 0 Å². The fourth-order valence-corrected chi connectivity index (χ4v) is 11.0. The lowest BCUT2D eigenvalue weighted by atomic mass is 9.95. The summed E-state index contributed by atoms with van der Waals surface area (Å²) >= 11 is 0. The molecule has 526 valence electrons. The van der Waals surface area contributed by atoms with Crippen LogP contribution in [0, 0.1) is 0 Å². The van der Waals surface area contributed by atoms with Gasteiger partial charge in [-0.15, -0.1) is 0 Å². The second kappa shape index (κ2) is 36.3. The molecular formula is C65H80O31. The van der Waals surface area contributed by atoms with E-state index in [2.05, 4.69) is 0 Å². The highest BCUT2D eigenvalue weighted by Crippen LogP contribution is 2.38. The molecule has 0 aromatic heterocycles. The van der Waals surface area contributed by atoms with Crippen LogP contribution in [0.1, 0.15) is 85.9 Å². The summed E-state index contributed by atoms with van der Waals surface area (Å²) in [5, 5.41) is 11.2. The molecule has 0 amide bonds. The van der Waals surface area contributed by atoms with E-state index in [1.807, 2.05) is 0 Å². The zero-order chi connectivity index (χ0) is 69.8. The smallest absolute Gasteiger partial charge is 0.303 e. The minimum atomic E-state index is -2.04. The maximum absolute atomic E-state index is 13.4. The Morgan fingerprint density at radius 3 is 0.865 bits per heavy atom. The number of esters is 10. The van der Waals surface area contributed by atoms with Gasteiger partial charge in [0.2, 0.25) is 0 Å². The van der Waals surface area contributed by atoms with E-state index in [1.54, 1.807) is 91.0 Å². The van der Waals surface area contributed by atoms with Crippen molar-refractivity contribution >= 4 is 59.7 Å². The van der Waals surface area contributed by atoms with Gasteiger partial charge < -0.3 is 99.8 Å². The highest BCUT2D eigenvalue weighted by Gasteiger charge is 2.59. The monoisotopic (exact) mass is 1360 g/mol. The molecule has 3 aromatic carbocycles. The van der Waals surface area contributed by atoms with Gasteiger partial charge in [-0.1, -0.05) is 91.0 Å². The van der Waals surface area contributed by atoms with Crippen molar-refractivity contribution in [1.29, 1.82) is 0 Å². The molecule has 20 atom stereocenters. The Morgan fingerprint density at radius 2 is 0.552 bits per heavy atom. The van der Waals surface area contributed by atoms with Crippen molar-refractivity contribution in [3.05, 3.63) is 108 Å². The zero-order valence-electron chi connectivity index (χ0n) is 54.4. The fourth-order valence-electron chi connectivity index (χ4n) is 11.0. The number of hydrogen-bond acceptors (Lipinski definition) is 31. The normalized spacial score (nSPS) is 30.2. The summed E-state index contributed by atoms with van der Waals surface area (Å²) in [7, 11) is 0. The molecule has 4 fully saturated rings. The molecule has 7 rings (SSSR count). The molecule has 1 N–H and O–H groups in total. The summed E-state index contributed by atoms with van der Waals surface area (Å²) in [4.78, 5) is 129. The molecule has 4 heterocycles. The van der Waals surface area contributed by atoms with Crippen LogP contribution in [0.25, 0.3) is 0 Å². The number of aliphatic hydroxyl groups is 1. The first-order chi connectivity index (χ1) is 45.7. The molecule has 31 nitrogen and oxygen atoms in total. The third-order valence-corrected chi connectivity index (χ3v) is 14.7. The van der Waals surface area contributed by atoms with Gasteiger partial charge in [-0.3, -0.25) is 47.9 Å². The SMILES string of the molecule is CC(=O)OC[C@H]1O[C@H](O)[C@H](OC(C)=O)[C@@H](OC(C)=O)[C@@H]1O[C@@H]1O[C@H](CO[C@@H]2O[C@H](CO[C@@H]3O[C@H](COC(C)=O)[C@@H](OCc4ccccc4)[C@H](OC(C)=O)[C@H]3OC(C)=O)[C@@H](OCc3ccccc3)[C@H](OC(C)=O)[C@H]2OC(C)=O)[C@@H](OCc2ccccc2)[C@H](OC(C)=O)[C@H]1OC(C)=O. The summed E-state index contributed by atoms with van der Waals surface area (Å²) in [6.45, 7) is 7.29. The number of aliphatic hydroxyl groups excluding tert-OH is 1. The number of rotatable bonds is 29. The van der Waals surface area contributed by atoms with E-state index in [0.29, 0.717) is 16.7 Å². The van der Waals surface area contributed by atoms with Gasteiger partial charge in [-0.25, -0.2) is 0 Å². The molecule has 0 bridgehead atoms. The van der Waals surface area contributed by atoms with E-state index in [-0.39, 0.29) is 19.8 Å². The predicted molar refractivity (Wildman–Crippen MR) is 316 cm³/mol. The second-order valence-corrected chi connectivity index (χ2v) is 22.4. The lowest BCUT2D eigenvalue weighted by Crippen LogP contribution is -2.67. The topological polar surface area (TPSA) is 376 Å². The number of ether oxygens (including phenoxy) is 20. The summed E-state index contributed by atoms with van der Waals surface area (Å²) in [6.07, 6.45) is -33.7. The van der Waals surface area contributed by atoms with E-state index < -0.39 is 209 Å². The van der Waals surface area contributed by atoms with Gasteiger partial charge in [0.05, 0.1) is 33.0 Å². The number of carbonyl (C=O) groups is 10. The first-order valence-corrected chi connectivity index (χ1v) is 30.5. The third-order valence-electron chi connectivity index (χ3n) is 14.7. The molecule has 4 aliphatic heterocycles. The van der Waals surface area contributed by atoms with Crippen molar-refractivity contribution in [2.75, 3.05) is 26.4 Å². The van der Waals surface area contributed by atoms with Crippen LogP contribution < -0.4 is 0 Å². The Balaban J connectivity index is 1.32. The Bertz CT molecular complexity index is 3080. The van der Waals surface area contributed by atoms with Crippen LogP contribution in [0.5, 0.6) is 0 Å². The molecule has 4 saturated heterocycles. The average molecular weight is 1360 g/mol. The van der Waals surface area contributed by atoms with Crippen molar-refractivity contribution in [3.63, 3.8) is 0 Å². The summed E-state index contributed by atoms with van der Waals surface area (Å²) in [6, 6.07) is 26.1. The van der Waals surface area contributed by atoms with Gasteiger partial charge in [0.15, 0.2) is 74.0 Å². The van der Waals surface area contributed by atoms with Gasteiger partial charge in [0.1, 0.15) is 62.0 Å². The van der Waals surface area contributed by atoms with E-state index in [4.69, 9.17) is 94.7 Å². The fraction of sp³-hybridized carbons (Fsp3) is 0.569. The van der Waals surface area contributed by atoms with E-state index >= 15 is 0 Å². The van der Waals surface area contributed by atoms with Crippen LogP contribution in [-0.4, -0.2) is 214 Å².